The van der Waals surface area contributed by atoms with Crippen LogP contribution in [0.4, 0.5) is 10.2 Å². The van der Waals surface area contributed by atoms with Gasteiger partial charge in [-0.25, -0.2) is 19.3 Å². The Kier molecular flexibility index (Phi) is 9.17. The number of piperidine rings is 1. The summed E-state index contributed by atoms with van der Waals surface area (Å²) < 4.78 is 15.5. The monoisotopic (exact) mass is 578 g/mol. The number of nitrogen functional groups attached to an aromatic ring is 1. The summed E-state index contributed by atoms with van der Waals surface area (Å²) in [5.74, 6) is 0.472. The lowest BCUT2D eigenvalue weighted by Crippen LogP contribution is -2.43. The van der Waals surface area contributed by atoms with Gasteiger partial charge in [-0.15, -0.1) is 0 Å². The fourth-order valence-corrected chi connectivity index (χ4v) is 5.16. The largest absolute Gasteiger partial charge is 0.383 e. The van der Waals surface area contributed by atoms with Gasteiger partial charge in [-0.3, -0.25) is 19.2 Å². The maximum atomic E-state index is 13.5. The number of carbonyl (C=O) groups excluding carboxylic acids is 1. The molecule has 1 amide bonds. The van der Waals surface area contributed by atoms with Crippen LogP contribution >= 0.6 is 0 Å². The average molecular weight is 579 g/mol. The van der Waals surface area contributed by atoms with E-state index in [1.807, 2.05) is 54.8 Å². The Balaban J connectivity index is 0.00000180. The van der Waals surface area contributed by atoms with Crippen LogP contribution in [-0.2, 0) is 11.3 Å². The third-order valence-electron chi connectivity index (χ3n) is 7.29. The molecule has 3 N–H and O–H groups in total. The third kappa shape index (κ3) is 6.60. The number of nitrogens with two attached hydrogens (primary N) is 1. The first-order chi connectivity index (χ1) is 21.0. The smallest absolute Gasteiger partial charge is 0.243 e. The zero-order valence-corrected chi connectivity index (χ0v) is 24.4. The van der Waals surface area contributed by atoms with E-state index in [1.165, 1.54) is 23.9 Å². The highest BCUT2D eigenvalue weighted by Crippen LogP contribution is 2.31. The van der Waals surface area contributed by atoms with E-state index >= 15 is 0 Å². The molecule has 5 heterocycles. The van der Waals surface area contributed by atoms with Crippen LogP contribution in [0.5, 0.6) is 0 Å². The number of rotatable bonds is 7. The zero-order chi connectivity index (χ0) is 30.3. The third-order valence-corrected chi connectivity index (χ3v) is 7.29. The first kappa shape index (κ1) is 29.5. The number of benzene rings is 1. The molecule has 220 valence electrons. The molecule has 0 aliphatic carbocycles. The maximum absolute atomic E-state index is 13.5. The number of fused-ring (bicyclic) bond motifs is 1. The van der Waals surface area contributed by atoms with E-state index in [0.717, 1.165) is 38.2 Å². The van der Waals surface area contributed by atoms with Gasteiger partial charge in [0.2, 0.25) is 5.91 Å². The van der Waals surface area contributed by atoms with Gasteiger partial charge in [0.1, 0.15) is 17.2 Å². The van der Waals surface area contributed by atoms with Crippen molar-refractivity contribution in [1.29, 1.82) is 0 Å². The maximum Gasteiger partial charge on any atom is 0.243 e. The molecule has 0 radical (unpaired) electrons. The number of pyridine rings is 3. The lowest BCUT2D eigenvalue weighted by molar-refractivity contribution is -0.117. The number of imidazole rings is 1. The van der Waals surface area contributed by atoms with E-state index in [2.05, 4.69) is 38.9 Å². The Morgan fingerprint density at radius 2 is 1.77 bits per heavy atom. The number of likely N-dealkylation sites (tertiary alicyclic amines) is 1. The first-order valence-electron chi connectivity index (χ1n) is 14.5. The minimum Gasteiger partial charge on any atom is -0.383 e. The van der Waals surface area contributed by atoms with Gasteiger partial charge < -0.3 is 11.1 Å². The fourth-order valence-electron chi connectivity index (χ4n) is 5.16. The van der Waals surface area contributed by atoms with Gasteiger partial charge in [-0.2, -0.15) is 0 Å². The summed E-state index contributed by atoms with van der Waals surface area (Å²) >= 11 is 0. The SMILES string of the molecule is C=CC(=O)NC1CCN(Cc2ccc(-n3c(-c4cccnc4N)nc4ccc(-c5ccc(F)cn5)nc43)cc2)CC1.CC. The van der Waals surface area contributed by atoms with E-state index in [-0.39, 0.29) is 11.9 Å². The van der Waals surface area contributed by atoms with Gasteiger partial charge in [0.25, 0.3) is 0 Å². The summed E-state index contributed by atoms with van der Waals surface area (Å²) in [5.41, 5.74) is 11.5. The van der Waals surface area contributed by atoms with E-state index in [1.54, 1.807) is 12.3 Å². The van der Waals surface area contributed by atoms with Gasteiger partial charge >= 0.3 is 0 Å². The van der Waals surface area contributed by atoms with Gasteiger partial charge in [0.15, 0.2) is 11.5 Å². The summed E-state index contributed by atoms with van der Waals surface area (Å²) in [4.78, 5) is 32.2. The van der Waals surface area contributed by atoms with E-state index in [0.29, 0.717) is 39.8 Å². The van der Waals surface area contributed by atoms with Gasteiger partial charge in [-0.1, -0.05) is 32.6 Å². The van der Waals surface area contributed by atoms with Crippen LogP contribution in [0.25, 0.3) is 39.6 Å². The number of aromatic nitrogens is 5. The average Bonchev–Trinajstić information content (AvgIpc) is 3.42. The number of anilines is 1. The molecule has 4 aromatic heterocycles. The van der Waals surface area contributed by atoms with Crippen molar-refractivity contribution in [2.24, 2.45) is 0 Å². The Bertz CT molecular complexity index is 1710. The molecule has 0 atom stereocenters. The van der Waals surface area contributed by atoms with E-state index in [4.69, 9.17) is 15.7 Å². The van der Waals surface area contributed by atoms with Crippen LogP contribution in [0.15, 0.2) is 85.7 Å². The van der Waals surface area contributed by atoms with E-state index in [9.17, 15) is 9.18 Å². The molecular formula is C33H35FN8O. The molecule has 6 rings (SSSR count). The Morgan fingerprint density at radius 1 is 1.02 bits per heavy atom. The van der Waals surface area contributed by atoms with Crippen LogP contribution < -0.4 is 11.1 Å². The predicted molar refractivity (Wildman–Crippen MR) is 168 cm³/mol. The molecule has 0 unspecified atom stereocenters. The van der Waals surface area contributed by atoms with Crippen molar-refractivity contribution in [2.45, 2.75) is 39.3 Å². The highest BCUT2D eigenvalue weighted by atomic mass is 19.1. The van der Waals surface area contributed by atoms with Crippen LogP contribution in [0, 0.1) is 5.82 Å². The normalized spacial score (nSPS) is 13.7. The summed E-state index contributed by atoms with van der Waals surface area (Å²) in [5, 5.41) is 3.00. The number of hydrogen-bond acceptors (Lipinski definition) is 7. The van der Waals surface area contributed by atoms with Crippen molar-refractivity contribution in [1.82, 2.24) is 34.7 Å². The number of nitrogens with zero attached hydrogens (tertiary/aromatic N) is 6. The molecule has 10 heteroatoms. The van der Waals surface area contributed by atoms with Crippen molar-refractivity contribution in [3.05, 3.63) is 97.1 Å². The zero-order valence-electron chi connectivity index (χ0n) is 24.4. The topological polar surface area (TPSA) is 115 Å². The Labute approximate surface area is 250 Å². The molecule has 0 spiro atoms. The summed E-state index contributed by atoms with van der Waals surface area (Å²) in [6, 6.07) is 18.9. The molecule has 1 fully saturated rings. The number of carbonyl (C=O) groups is 1. The molecular weight excluding hydrogens is 543 g/mol. The molecule has 9 nitrogen and oxygen atoms in total. The van der Waals surface area contributed by atoms with E-state index < -0.39 is 5.82 Å². The summed E-state index contributed by atoms with van der Waals surface area (Å²) in [7, 11) is 0. The Hall–Kier alpha value is -4.96. The van der Waals surface area contributed by atoms with Crippen molar-refractivity contribution in [2.75, 3.05) is 18.8 Å². The molecule has 5 aromatic rings. The standard InChI is InChI=1S/C31H29FN8O.C2H6/c1-2-28(41)36-22-13-16-39(17-14-22)19-20-5-8-23(9-6-20)40-30(24-4-3-15-34-29(24)33)38-27-12-11-26(37-31(27)40)25-10-7-21(32)18-35-25;1-2/h2-12,15,18,22H,1,13-14,16-17,19H2,(H2,33,34)(H,36,41);1-2H3. The van der Waals surface area contributed by atoms with Crippen molar-refractivity contribution in [3.8, 4) is 28.5 Å². The van der Waals surface area contributed by atoms with Crippen LogP contribution in [0.3, 0.4) is 0 Å². The first-order valence-corrected chi connectivity index (χ1v) is 14.5. The van der Waals surface area contributed by atoms with Crippen LogP contribution in [-0.4, -0.2) is 54.4 Å². The molecule has 1 saturated heterocycles. The second-order valence-corrected chi connectivity index (χ2v) is 10.0. The minimum absolute atomic E-state index is 0.117. The molecule has 43 heavy (non-hydrogen) atoms. The quantitative estimate of drug-likeness (QED) is 0.243. The van der Waals surface area contributed by atoms with Crippen LogP contribution in [0.1, 0.15) is 32.3 Å². The molecule has 1 aliphatic rings. The number of halogens is 1. The lowest BCUT2D eigenvalue weighted by atomic mass is 10.0. The fraction of sp³-hybridized carbons (Fsp3) is 0.242. The molecule has 0 saturated carbocycles. The summed E-state index contributed by atoms with van der Waals surface area (Å²) in [6.07, 6.45) is 5.96. The van der Waals surface area contributed by atoms with Gasteiger partial charge in [0.05, 0.1) is 23.1 Å². The Morgan fingerprint density at radius 3 is 2.44 bits per heavy atom. The van der Waals surface area contributed by atoms with Gasteiger partial charge in [0, 0.05) is 37.6 Å². The lowest BCUT2D eigenvalue weighted by Gasteiger charge is -2.32. The summed E-state index contributed by atoms with van der Waals surface area (Å²) in [6.45, 7) is 10.2. The highest BCUT2D eigenvalue weighted by Gasteiger charge is 2.21. The molecule has 1 aromatic carbocycles. The highest BCUT2D eigenvalue weighted by molar-refractivity contribution is 5.87. The van der Waals surface area contributed by atoms with Crippen LogP contribution in [0.2, 0.25) is 0 Å². The van der Waals surface area contributed by atoms with Gasteiger partial charge in [-0.05, 0) is 73.0 Å². The minimum atomic E-state index is -0.405. The predicted octanol–water partition coefficient (Wildman–Crippen LogP) is 5.56. The second-order valence-electron chi connectivity index (χ2n) is 10.0. The molecule has 1 aliphatic heterocycles. The number of hydrogen-bond donors (Lipinski definition) is 2. The number of nitrogens with one attached hydrogen (secondary N) is 1. The second kappa shape index (κ2) is 13.3. The van der Waals surface area contributed by atoms with Crippen molar-refractivity contribution >= 4 is 22.9 Å². The molecule has 0 bridgehead atoms. The van der Waals surface area contributed by atoms with Crippen molar-refractivity contribution < 1.29 is 9.18 Å². The van der Waals surface area contributed by atoms with Crippen molar-refractivity contribution in [3.63, 3.8) is 0 Å². The number of amides is 1.